The Morgan fingerprint density at radius 2 is 2.10 bits per heavy atom. The first-order valence-corrected chi connectivity index (χ1v) is 7.73. The summed E-state index contributed by atoms with van der Waals surface area (Å²) in [5.41, 5.74) is 6.73. The molecule has 0 aromatic carbocycles. The second-order valence-corrected chi connectivity index (χ2v) is 6.57. The van der Waals surface area contributed by atoms with Gasteiger partial charge in [0.2, 0.25) is 0 Å². The molecule has 0 amide bonds. The Morgan fingerprint density at radius 3 is 2.71 bits per heavy atom. The van der Waals surface area contributed by atoms with E-state index in [1.54, 1.807) is 6.07 Å². The lowest BCUT2D eigenvalue weighted by molar-refractivity contribution is 0.0388. The summed E-state index contributed by atoms with van der Waals surface area (Å²) in [7, 11) is 0. The Labute approximate surface area is 126 Å². The third kappa shape index (κ3) is 3.93. The number of ether oxygens (including phenoxy) is 1. The van der Waals surface area contributed by atoms with Crippen molar-refractivity contribution in [3.8, 4) is 6.01 Å². The highest BCUT2D eigenvalue weighted by atomic mass is 16.5. The SMILES string of the molecule is Cc1cc(C(=N)N)nc(OC2CC(C)CCC2C(C)C)n1. The highest BCUT2D eigenvalue weighted by molar-refractivity contribution is 5.93. The zero-order valence-electron chi connectivity index (χ0n) is 13.4. The second-order valence-electron chi connectivity index (χ2n) is 6.57. The number of aromatic nitrogens is 2. The van der Waals surface area contributed by atoms with Crippen molar-refractivity contribution in [1.29, 1.82) is 5.41 Å². The van der Waals surface area contributed by atoms with E-state index in [0.29, 0.717) is 29.5 Å². The normalized spacial score (nSPS) is 25.9. The van der Waals surface area contributed by atoms with Crippen molar-refractivity contribution < 1.29 is 4.74 Å². The molecule has 0 saturated heterocycles. The lowest BCUT2D eigenvalue weighted by atomic mass is 9.75. The van der Waals surface area contributed by atoms with Crippen molar-refractivity contribution in [2.45, 2.75) is 53.1 Å². The summed E-state index contributed by atoms with van der Waals surface area (Å²) in [6.45, 7) is 8.62. The highest BCUT2D eigenvalue weighted by Gasteiger charge is 2.32. The van der Waals surface area contributed by atoms with Crippen LogP contribution in [0.25, 0.3) is 0 Å². The molecule has 1 aliphatic rings. The summed E-state index contributed by atoms with van der Waals surface area (Å²) in [5.74, 6) is 1.73. The molecule has 1 aromatic heterocycles. The Kier molecular flexibility index (Phi) is 4.80. The van der Waals surface area contributed by atoms with E-state index in [2.05, 4.69) is 30.7 Å². The van der Waals surface area contributed by atoms with Gasteiger partial charge in [0.1, 0.15) is 17.6 Å². The van der Waals surface area contributed by atoms with Crippen LogP contribution in [0.4, 0.5) is 0 Å². The van der Waals surface area contributed by atoms with Crippen LogP contribution < -0.4 is 10.5 Å². The van der Waals surface area contributed by atoms with E-state index in [0.717, 1.165) is 12.1 Å². The standard InChI is InChI=1S/C16H26N4O/c1-9(2)12-6-5-10(3)7-14(12)21-16-19-11(4)8-13(20-16)15(17)18/h8-10,12,14H,5-7H2,1-4H3,(H3,17,18). The maximum atomic E-state index is 7.52. The zero-order valence-corrected chi connectivity index (χ0v) is 13.4. The first-order valence-electron chi connectivity index (χ1n) is 7.73. The van der Waals surface area contributed by atoms with Gasteiger partial charge in [0.05, 0.1) is 0 Å². The summed E-state index contributed by atoms with van der Waals surface area (Å²) in [6, 6.07) is 2.06. The largest absolute Gasteiger partial charge is 0.460 e. The summed E-state index contributed by atoms with van der Waals surface area (Å²) in [6.07, 6.45) is 3.64. The zero-order chi connectivity index (χ0) is 15.6. The number of aryl methyl sites for hydroxylation is 1. The quantitative estimate of drug-likeness (QED) is 0.659. The molecule has 1 aliphatic carbocycles. The van der Waals surface area contributed by atoms with E-state index in [-0.39, 0.29) is 11.9 Å². The van der Waals surface area contributed by atoms with Gasteiger partial charge in [0.15, 0.2) is 0 Å². The topological polar surface area (TPSA) is 84.9 Å². The molecule has 1 heterocycles. The molecular formula is C16H26N4O. The fourth-order valence-corrected chi connectivity index (χ4v) is 3.12. The molecular weight excluding hydrogens is 264 g/mol. The Balaban J connectivity index is 2.20. The van der Waals surface area contributed by atoms with Gasteiger partial charge in [-0.15, -0.1) is 0 Å². The third-order valence-corrected chi connectivity index (χ3v) is 4.33. The number of amidine groups is 1. The Hall–Kier alpha value is -1.65. The van der Waals surface area contributed by atoms with Gasteiger partial charge in [-0.3, -0.25) is 5.41 Å². The fourth-order valence-electron chi connectivity index (χ4n) is 3.12. The minimum Gasteiger partial charge on any atom is -0.460 e. The highest BCUT2D eigenvalue weighted by Crippen LogP contribution is 2.35. The lowest BCUT2D eigenvalue weighted by Gasteiger charge is -2.36. The van der Waals surface area contributed by atoms with Gasteiger partial charge in [-0.1, -0.05) is 27.2 Å². The van der Waals surface area contributed by atoms with E-state index in [1.807, 2.05) is 6.92 Å². The summed E-state index contributed by atoms with van der Waals surface area (Å²) >= 11 is 0. The van der Waals surface area contributed by atoms with Crippen LogP contribution in [0.3, 0.4) is 0 Å². The predicted octanol–water partition coefficient (Wildman–Crippen LogP) is 2.91. The number of nitrogens with zero attached hydrogens (tertiary/aromatic N) is 2. The van der Waals surface area contributed by atoms with E-state index in [9.17, 15) is 0 Å². The minimum absolute atomic E-state index is 0.0530. The van der Waals surface area contributed by atoms with Gasteiger partial charge in [-0.2, -0.15) is 4.98 Å². The van der Waals surface area contributed by atoms with Gasteiger partial charge < -0.3 is 10.5 Å². The number of hydrogen-bond donors (Lipinski definition) is 2. The number of rotatable bonds is 4. The van der Waals surface area contributed by atoms with Crippen LogP contribution in [0.15, 0.2) is 6.07 Å². The summed E-state index contributed by atoms with van der Waals surface area (Å²) in [4.78, 5) is 8.61. The van der Waals surface area contributed by atoms with Crippen LogP contribution in [0.1, 0.15) is 51.4 Å². The molecule has 116 valence electrons. The van der Waals surface area contributed by atoms with Crippen molar-refractivity contribution in [2.75, 3.05) is 0 Å². The number of hydrogen-bond acceptors (Lipinski definition) is 4. The molecule has 3 unspecified atom stereocenters. The van der Waals surface area contributed by atoms with Crippen molar-refractivity contribution in [2.24, 2.45) is 23.5 Å². The molecule has 5 heteroatoms. The van der Waals surface area contributed by atoms with Crippen molar-refractivity contribution in [1.82, 2.24) is 9.97 Å². The molecule has 2 rings (SSSR count). The molecule has 0 aliphatic heterocycles. The molecule has 0 bridgehead atoms. The lowest BCUT2D eigenvalue weighted by Crippen LogP contribution is -2.37. The maximum Gasteiger partial charge on any atom is 0.317 e. The van der Waals surface area contributed by atoms with Crippen molar-refractivity contribution in [3.63, 3.8) is 0 Å². The van der Waals surface area contributed by atoms with Crippen LogP contribution in [0.2, 0.25) is 0 Å². The molecule has 21 heavy (non-hydrogen) atoms. The smallest absolute Gasteiger partial charge is 0.317 e. The van der Waals surface area contributed by atoms with E-state index < -0.39 is 0 Å². The van der Waals surface area contributed by atoms with Gasteiger partial charge in [0, 0.05) is 5.69 Å². The van der Waals surface area contributed by atoms with E-state index in [1.165, 1.54) is 12.8 Å². The van der Waals surface area contributed by atoms with Crippen molar-refractivity contribution in [3.05, 3.63) is 17.5 Å². The van der Waals surface area contributed by atoms with Gasteiger partial charge in [-0.25, -0.2) is 4.98 Å². The van der Waals surface area contributed by atoms with Crippen LogP contribution in [0, 0.1) is 30.1 Å². The van der Waals surface area contributed by atoms with Crippen LogP contribution in [0.5, 0.6) is 6.01 Å². The second kappa shape index (κ2) is 6.41. The first kappa shape index (κ1) is 15.7. The number of nitrogen functional groups attached to an aromatic ring is 1. The van der Waals surface area contributed by atoms with E-state index in [4.69, 9.17) is 15.9 Å². The predicted molar refractivity (Wildman–Crippen MR) is 83.5 cm³/mol. The fraction of sp³-hybridized carbons (Fsp3) is 0.688. The van der Waals surface area contributed by atoms with Gasteiger partial charge in [-0.05, 0) is 43.6 Å². The molecule has 0 radical (unpaired) electrons. The average Bonchev–Trinajstić information content (AvgIpc) is 2.37. The van der Waals surface area contributed by atoms with Gasteiger partial charge in [0.25, 0.3) is 0 Å². The molecule has 1 saturated carbocycles. The van der Waals surface area contributed by atoms with Crippen LogP contribution >= 0.6 is 0 Å². The maximum absolute atomic E-state index is 7.52. The molecule has 5 nitrogen and oxygen atoms in total. The molecule has 1 aromatic rings. The summed E-state index contributed by atoms with van der Waals surface area (Å²) < 4.78 is 6.10. The van der Waals surface area contributed by atoms with Crippen LogP contribution in [-0.4, -0.2) is 21.9 Å². The average molecular weight is 290 g/mol. The monoisotopic (exact) mass is 290 g/mol. The minimum atomic E-state index is -0.0530. The molecule has 3 N–H and O–H groups in total. The van der Waals surface area contributed by atoms with Crippen LogP contribution in [-0.2, 0) is 0 Å². The molecule has 3 atom stereocenters. The third-order valence-electron chi connectivity index (χ3n) is 4.33. The number of nitrogens with one attached hydrogen (secondary N) is 1. The molecule has 0 spiro atoms. The Bertz CT molecular complexity index is 515. The first-order chi connectivity index (χ1) is 9.86. The Morgan fingerprint density at radius 1 is 1.38 bits per heavy atom. The van der Waals surface area contributed by atoms with E-state index >= 15 is 0 Å². The number of nitrogens with two attached hydrogens (primary N) is 1. The van der Waals surface area contributed by atoms with Crippen molar-refractivity contribution >= 4 is 5.84 Å². The summed E-state index contributed by atoms with van der Waals surface area (Å²) in [5, 5.41) is 7.52. The van der Waals surface area contributed by atoms with Gasteiger partial charge >= 0.3 is 6.01 Å². The molecule has 1 fully saturated rings.